The van der Waals surface area contributed by atoms with E-state index >= 15 is 0 Å². The van der Waals surface area contributed by atoms with Crippen LogP contribution in [0.2, 0.25) is 0 Å². The largest absolute Gasteiger partial charge is 0.466 e. The molecule has 0 radical (unpaired) electrons. The average Bonchev–Trinajstić information content (AvgIpc) is 2.91. The van der Waals surface area contributed by atoms with Gasteiger partial charge in [0.2, 0.25) is 0 Å². The van der Waals surface area contributed by atoms with Crippen LogP contribution < -0.4 is 10.6 Å². The molecule has 0 saturated heterocycles. The number of amides is 1. The topological polar surface area (TPSA) is 90.9 Å². The first-order valence-corrected chi connectivity index (χ1v) is 7.95. The van der Waals surface area contributed by atoms with Gasteiger partial charge < -0.3 is 25.4 Å². The fourth-order valence-corrected chi connectivity index (χ4v) is 3.11. The van der Waals surface area contributed by atoms with Gasteiger partial charge in [-0.25, -0.2) is 4.79 Å². The van der Waals surface area contributed by atoms with Crippen LogP contribution >= 0.6 is 0 Å². The van der Waals surface area contributed by atoms with Crippen LogP contribution in [-0.4, -0.2) is 55.2 Å². The molecule has 7 nitrogen and oxygen atoms in total. The fraction of sp³-hybridized carbons (Fsp3) is 0.412. The molecule has 0 aliphatic carbocycles. The molecule has 1 amide bonds. The molecular formula is C17H21N3O4. The lowest BCUT2D eigenvalue weighted by Gasteiger charge is -2.21. The normalized spacial score (nSPS) is 17.1. The first-order chi connectivity index (χ1) is 11.7. The maximum atomic E-state index is 12.6. The number of esters is 1. The van der Waals surface area contributed by atoms with Crippen molar-refractivity contribution in [1.29, 1.82) is 0 Å². The Bertz CT molecular complexity index is 699. The Balaban J connectivity index is 1.94. The number of hydrogen-bond acceptors (Lipinski definition) is 6. The number of nitrogens with one attached hydrogen (secondary N) is 2. The van der Waals surface area contributed by atoms with Crippen LogP contribution in [0.1, 0.15) is 11.1 Å². The maximum Gasteiger partial charge on any atom is 0.337 e. The molecule has 0 fully saturated rings. The van der Waals surface area contributed by atoms with Gasteiger partial charge in [0.1, 0.15) is 5.70 Å². The van der Waals surface area contributed by atoms with E-state index in [1.807, 2.05) is 12.1 Å². The number of β-amino-alcohol motifs (C(OH)–C–C–N with tert-alkyl or cyclic N) is 1. The van der Waals surface area contributed by atoms with E-state index in [2.05, 4.69) is 16.7 Å². The molecule has 2 aliphatic heterocycles. The van der Waals surface area contributed by atoms with Gasteiger partial charge in [-0.3, -0.25) is 4.79 Å². The summed E-state index contributed by atoms with van der Waals surface area (Å²) in [7, 11) is 1.29. The Morgan fingerprint density at radius 2 is 2.29 bits per heavy atom. The SMILES string of the molecule is COC(=O)C1=C(Nc2cccc3c2CNCC3)C(=O)N(CCO)C1. The number of rotatable bonds is 5. The lowest BCUT2D eigenvalue weighted by atomic mass is 9.99. The average molecular weight is 331 g/mol. The van der Waals surface area contributed by atoms with Crippen molar-refractivity contribution in [2.24, 2.45) is 0 Å². The third-order valence-corrected chi connectivity index (χ3v) is 4.36. The minimum Gasteiger partial charge on any atom is -0.466 e. The summed E-state index contributed by atoms with van der Waals surface area (Å²) < 4.78 is 4.80. The lowest BCUT2D eigenvalue weighted by molar-refractivity contribution is -0.136. The predicted octanol–water partition coefficient (Wildman–Crippen LogP) is 0.00580. The molecule has 1 aromatic rings. The maximum absolute atomic E-state index is 12.6. The van der Waals surface area contributed by atoms with Crippen molar-refractivity contribution in [3.63, 3.8) is 0 Å². The third kappa shape index (κ3) is 3.00. The van der Waals surface area contributed by atoms with Crippen LogP contribution in [0.3, 0.4) is 0 Å². The molecule has 2 aliphatic rings. The summed E-state index contributed by atoms with van der Waals surface area (Å²) in [5.41, 5.74) is 3.67. The molecular weight excluding hydrogens is 310 g/mol. The second kappa shape index (κ2) is 7.02. The molecule has 3 rings (SSSR count). The highest BCUT2D eigenvalue weighted by Gasteiger charge is 2.34. The van der Waals surface area contributed by atoms with Gasteiger partial charge in [0.15, 0.2) is 0 Å². The van der Waals surface area contributed by atoms with Crippen LogP contribution in [0, 0.1) is 0 Å². The number of nitrogens with zero attached hydrogens (tertiary/aromatic N) is 1. The molecule has 2 heterocycles. The van der Waals surface area contributed by atoms with E-state index in [9.17, 15) is 9.59 Å². The number of methoxy groups -OCH3 is 1. The molecule has 0 unspecified atom stereocenters. The van der Waals surface area contributed by atoms with Crippen LogP contribution in [0.25, 0.3) is 0 Å². The number of benzene rings is 1. The summed E-state index contributed by atoms with van der Waals surface area (Å²) in [6.45, 7) is 1.81. The lowest BCUT2D eigenvalue weighted by Crippen LogP contribution is -2.31. The number of ether oxygens (including phenoxy) is 1. The quantitative estimate of drug-likeness (QED) is 0.658. The number of hydrogen-bond donors (Lipinski definition) is 3. The Morgan fingerprint density at radius 1 is 1.46 bits per heavy atom. The first kappa shape index (κ1) is 16.5. The van der Waals surface area contributed by atoms with E-state index in [-0.39, 0.29) is 36.9 Å². The number of aliphatic hydroxyl groups excluding tert-OH is 1. The van der Waals surface area contributed by atoms with Crippen LogP contribution in [0.15, 0.2) is 29.5 Å². The molecule has 3 N–H and O–H groups in total. The minimum atomic E-state index is -0.533. The van der Waals surface area contributed by atoms with Crippen LogP contribution in [0.5, 0.6) is 0 Å². The van der Waals surface area contributed by atoms with E-state index in [1.54, 1.807) is 0 Å². The second-order valence-corrected chi connectivity index (χ2v) is 5.79. The highest BCUT2D eigenvalue weighted by Crippen LogP contribution is 2.27. The van der Waals surface area contributed by atoms with E-state index in [0.29, 0.717) is 6.54 Å². The summed E-state index contributed by atoms with van der Waals surface area (Å²) in [4.78, 5) is 26.0. The van der Waals surface area contributed by atoms with Crippen LogP contribution in [-0.2, 0) is 27.3 Å². The molecule has 0 spiro atoms. The second-order valence-electron chi connectivity index (χ2n) is 5.79. The molecule has 0 saturated carbocycles. The van der Waals surface area contributed by atoms with Gasteiger partial charge in [0, 0.05) is 18.8 Å². The van der Waals surface area contributed by atoms with Gasteiger partial charge in [-0.05, 0) is 30.2 Å². The number of carbonyl (C=O) groups is 2. The summed E-state index contributed by atoms with van der Waals surface area (Å²) >= 11 is 0. The molecule has 24 heavy (non-hydrogen) atoms. The van der Waals surface area contributed by atoms with Gasteiger partial charge in [-0.2, -0.15) is 0 Å². The zero-order valence-corrected chi connectivity index (χ0v) is 13.6. The Hall–Kier alpha value is -2.38. The van der Waals surface area contributed by atoms with Gasteiger partial charge in [0.05, 0.1) is 25.8 Å². The molecule has 0 atom stereocenters. The number of fused-ring (bicyclic) bond motifs is 1. The predicted molar refractivity (Wildman–Crippen MR) is 88.2 cm³/mol. The Kier molecular flexibility index (Phi) is 4.82. The zero-order chi connectivity index (χ0) is 17.1. The number of aliphatic hydroxyl groups is 1. The number of anilines is 1. The minimum absolute atomic E-state index is 0.141. The smallest absolute Gasteiger partial charge is 0.337 e. The zero-order valence-electron chi connectivity index (χ0n) is 13.6. The van der Waals surface area contributed by atoms with E-state index in [0.717, 1.165) is 24.2 Å². The third-order valence-electron chi connectivity index (χ3n) is 4.36. The van der Waals surface area contributed by atoms with Crippen molar-refractivity contribution in [1.82, 2.24) is 10.2 Å². The monoisotopic (exact) mass is 331 g/mol. The van der Waals surface area contributed by atoms with E-state index in [4.69, 9.17) is 9.84 Å². The summed E-state index contributed by atoms with van der Waals surface area (Å²) in [6.07, 6.45) is 0.929. The van der Waals surface area contributed by atoms with Crippen molar-refractivity contribution in [3.8, 4) is 0 Å². The highest BCUT2D eigenvalue weighted by atomic mass is 16.5. The molecule has 1 aromatic carbocycles. The Morgan fingerprint density at radius 3 is 3.04 bits per heavy atom. The standard InChI is InChI=1S/C17H21N3O4/c1-24-17(23)13-10-20(7-8-21)16(22)15(13)19-14-4-2-3-11-5-6-18-9-12(11)14/h2-4,18-19,21H,5-10H2,1H3. The summed E-state index contributed by atoms with van der Waals surface area (Å²) in [5, 5.41) is 15.6. The fourth-order valence-electron chi connectivity index (χ4n) is 3.11. The van der Waals surface area contributed by atoms with Crippen molar-refractivity contribution < 1.29 is 19.4 Å². The van der Waals surface area contributed by atoms with E-state index in [1.165, 1.54) is 17.6 Å². The van der Waals surface area contributed by atoms with Gasteiger partial charge in [-0.1, -0.05) is 12.1 Å². The van der Waals surface area contributed by atoms with Crippen molar-refractivity contribution >= 4 is 17.6 Å². The number of carbonyl (C=O) groups excluding carboxylic acids is 2. The van der Waals surface area contributed by atoms with Crippen molar-refractivity contribution in [3.05, 3.63) is 40.6 Å². The molecule has 0 bridgehead atoms. The summed E-state index contributed by atoms with van der Waals surface area (Å²) in [5.74, 6) is -0.833. The first-order valence-electron chi connectivity index (χ1n) is 7.95. The van der Waals surface area contributed by atoms with Crippen molar-refractivity contribution in [2.45, 2.75) is 13.0 Å². The van der Waals surface area contributed by atoms with Gasteiger partial charge >= 0.3 is 5.97 Å². The molecule has 128 valence electrons. The van der Waals surface area contributed by atoms with Crippen LogP contribution in [0.4, 0.5) is 5.69 Å². The molecule has 7 heteroatoms. The van der Waals surface area contributed by atoms with Gasteiger partial charge in [-0.15, -0.1) is 0 Å². The highest BCUT2D eigenvalue weighted by molar-refractivity contribution is 6.08. The van der Waals surface area contributed by atoms with Gasteiger partial charge in [0.25, 0.3) is 5.91 Å². The Labute approximate surface area is 140 Å². The van der Waals surface area contributed by atoms with Crippen molar-refractivity contribution in [2.75, 3.05) is 38.7 Å². The summed E-state index contributed by atoms with van der Waals surface area (Å²) in [6, 6.07) is 5.91. The van der Waals surface area contributed by atoms with E-state index < -0.39 is 5.97 Å². The molecule has 0 aromatic heterocycles.